The Balaban J connectivity index is 1.73. The molecular weight excluding hydrogens is 387 g/mol. The minimum atomic E-state index is -4.49. The van der Waals surface area contributed by atoms with E-state index in [2.05, 4.69) is 21.2 Å². The largest absolute Gasteiger partial charge is 0.417 e. The van der Waals surface area contributed by atoms with Gasteiger partial charge in [-0.2, -0.15) is 13.2 Å². The van der Waals surface area contributed by atoms with Gasteiger partial charge in [-0.3, -0.25) is 9.59 Å². The summed E-state index contributed by atoms with van der Waals surface area (Å²) in [5, 5.41) is 2.58. The molecule has 2 atom stereocenters. The molecule has 2 aliphatic rings. The molecule has 0 aromatic heterocycles. The van der Waals surface area contributed by atoms with Crippen LogP contribution in [0.1, 0.15) is 37.7 Å². The molecule has 24 heavy (non-hydrogen) atoms. The van der Waals surface area contributed by atoms with E-state index in [0.29, 0.717) is 12.8 Å². The summed E-state index contributed by atoms with van der Waals surface area (Å²) < 4.78 is 38.8. The lowest BCUT2D eigenvalue weighted by molar-refractivity contribution is -0.138. The molecule has 0 spiro atoms. The Morgan fingerprint density at radius 2 is 1.79 bits per heavy atom. The smallest absolute Gasteiger partial charge is 0.326 e. The Bertz CT molecular complexity index is 658. The third kappa shape index (κ3) is 3.50. The maximum atomic E-state index is 12.9. The molecule has 0 unspecified atom stereocenters. The van der Waals surface area contributed by atoms with Crippen LogP contribution in [0, 0.1) is 17.8 Å². The molecule has 0 aliphatic heterocycles. The lowest BCUT2D eigenvalue weighted by Gasteiger charge is -2.36. The molecule has 2 bridgehead atoms. The number of carbonyl (C=O) groups excluding carboxylic acids is 2. The molecule has 0 saturated heterocycles. The van der Waals surface area contributed by atoms with Gasteiger partial charge in [0, 0.05) is 27.9 Å². The zero-order chi connectivity index (χ0) is 17.5. The average molecular weight is 404 g/mol. The first-order valence-electron chi connectivity index (χ1n) is 7.97. The van der Waals surface area contributed by atoms with E-state index in [1.54, 1.807) is 0 Å². The standard InChI is InChI=1S/C17H17BrF3NO2/c18-14-5-4-12(8-13(14)17(19,20)21)22-16(24)11-6-9-2-1-3-10(7-11)15(9)23/h4-5,8-11H,1-3,6-7H2,(H,22,24)/t9-,10-/m1/s1. The molecular formula is C17H17BrF3NO2. The molecule has 130 valence electrons. The molecule has 3 nitrogen and oxygen atoms in total. The van der Waals surface area contributed by atoms with Crippen molar-refractivity contribution in [1.82, 2.24) is 0 Å². The number of amides is 1. The van der Waals surface area contributed by atoms with Gasteiger partial charge in [-0.25, -0.2) is 0 Å². The van der Waals surface area contributed by atoms with Crippen molar-refractivity contribution in [2.75, 3.05) is 5.32 Å². The Morgan fingerprint density at radius 1 is 1.17 bits per heavy atom. The van der Waals surface area contributed by atoms with Crippen LogP contribution in [0.2, 0.25) is 0 Å². The normalized spacial score (nSPS) is 27.0. The second-order valence-corrected chi connectivity index (χ2v) is 7.43. The quantitative estimate of drug-likeness (QED) is 0.770. The Hall–Kier alpha value is -1.37. The van der Waals surface area contributed by atoms with Crippen LogP contribution >= 0.6 is 15.9 Å². The SMILES string of the molecule is O=C(Nc1ccc(Br)c(C(F)(F)F)c1)C1C[C@H]2CCC[C@H](C1)C2=O. The van der Waals surface area contributed by atoms with Crippen molar-refractivity contribution in [3.8, 4) is 0 Å². The summed E-state index contributed by atoms with van der Waals surface area (Å²) >= 11 is 2.88. The van der Waals surface area contributed by atoms with Gasteiger partial charge in [0.1, 0.15) is 5.78 Å². The minimum absolute atomic E-state index is 0.0641. The third-order valence-electron chi connectivity index (χ3n) is 4.96. The number of alkyl halides is 3. The first-order chi connectivity index (χ1) is 11.3. The second-order valence-electron chi connectivity index (χ2n) is 6.58. The summed E-state index contributed by atoms with van der Waals surface area (Å²) in [6.07, 6.45) is -0.843. The number of carbonyl (C=O) groups is 2. The summed E-state index contributed by atoms with van der Waals surface area (Å²) in [5.74, 6) is -0.480. The molecule has 7 heteroatoms. The van der Waals surface area contributed by atoms with E-state index >= 15 is 0 Å². The number of Topliss-reactive ketones (excluding diaryl/α,β-unsaturated/α-hetero) is 1. The summed E-state index contributed by atoms with van der Waals surface area (Å²) in [4.78, 5) is 24.5. The second kappa shape index (κ2) is 6.50. The number of anilines is 1. The highest BCUT2D eigenvalue weighted by Gasteiger charge is 2.41. The molecule has 0 heterocycles. The highest BCUT2D eigenvalue weighted by Crippen LogP contribution is 2.41. The zero-order valence-corrected chi connectivity index (χ0v) is 14.4. The fraction of sp³-hybridized carbons (Fsp3) is 0.529. The summed E-state index contributed by atoms with van der Waals surface area (Å²) in [6, 6.07) is 3.64. The van der Waals surface area contributed by atoms with E-state index in [9.17, 15) is 22.8 Å². The molecule has 3 rings (SSSR count). The van der Waals surface area contributed by atoms with Crippen LogP contribution in [-0.4, -0.2) is 11.7 Å². The Kier molecular flexibility index (Phi) is 4.73. The maximum absolute atomic E-state index is 12.9. The number of nitrogens with one attached hydrogen (secondary N) is 1. The fourth-order valence-corrected chi connectivity index (χ4v) is 4.23. The van der Waals surface area contributed by atoms with Crippen molar-refractivity contribution in [3.05, 3.63) is 28.2 Å². The van der Waals surface area contributed by atoms with Gasteiger partial charge in [0.2, 0.25) is 5.91 Å². The maximum Gasteiger partial charge on any atom is 0.417 e. The number of halogens is 4. The third-order valence-corrected chi connectivity index (χ3v) is 5.65. The van der Waals surface area contributed by atoms with E-state index in [4.69, 9.17) is 0 Å². The number of fused-ring (bicyclic) bond motifs is 2. The van der Waals surface area contributed by atoms with Gasteiger partial charge in [0.25, 0.3) is 0 Å². The molecule has 1 aromatic carbocycles. The van der Waals surface area contributed by atoms with Crippen molar-refractivity contribution in [3.63, 3.8) is 0 Å². The van der Waals surface area contributed by atoms with Crippen molar-refractivity contribution in [2.45, 2.75) is 38.3 Å². The predicted molar refractivity (Wildman–Crippen MR) is 86.3 cm³/mol. The molecule has 2 fully saturated rings. The summed E-state index contributed by atoms with van der Waals surface area (Å²) in [6.45, 7) is 0. The topological polar surface area (TPSA) is 46.2 Å². The summed E-state index contributed by atoms with van der Waals surface area (Å²) in [5.41, 5.74) is -0.700. The van der Waals surface area contributed by atoms with E-state index in [0.717, 1.165) is 25.3 Å². The molecule has 1 aromatic rings. The van der Waals surface area contributed by atoms with Gasteiger partial charge in [-0.1, -0.05) is 22.4 Å². The molecule has 2 saturated carbocycles. The minimum Gasteiger partial charge on any atom is -0.326 e. The van der Waals surface area contributed by atoms with Crippen LogP contribution in [0.5, 0.6) is 0 Å². The van der Waals surface area contributed by atoms with Gasteiger partial charge in [-0.05, 0) is 43.9 Å². The lowest BCUT2D eigenvalue weighted by Crippen LogP contribution is -2.40. The lowest BCUT2D eigenvalue weighted by atomic mass is 9.67. The van der Waals surface area contributed by atoms with Crippen LogP contribution in [0.25, 0.3) is 0 Å². The molecule has 0 radical (unpaired) electrons. The Labute approximate surface area is 146 Å². The first kappa shape index (κ1) is 17.5. The highest BCUT2D eigenvalue weighted by molar-refractivity contribution is 9.10. The van der Waals surface area contributed by atoms with E-state index in [1.165, 1.54) is 12.1 Å². The van der Waals surface area contributed by atoms with Gasteiger partial charge >= 0.3 is 6.18 Å². The average Bonchev–Trinajstić information content (AvgIpc) is 2.47. The first-order valence-corrected chi connectivity index (χ1v) is 8.76. The van der Waals surface area contributed by atoms with Crippen molar-refractivity contribution >= 4 is 33.3 Å². The van der Waals surface area contributed by atoms with Crippen molar-refractivity contribution in [2.24, 2.45) is 17.8 Å². The monoisotopic (exact) mass is 403 g/mol. The number of benzene rings is 1. The van der Waals surface area contributed by atoms with Crippen LogP contribution < -0.4 is 5.32 Å². The molecule has 1 N–H and O–H groups in total. The number of ketones is 1. The van der Waals surface area contributed by atoms with Crippen LogP contribution in [-0.2, 0) is 15.8 Å². The molecule has 2 aliphatic carbocycles. The van der Waals surface area contributed by atoms with Crippen molar-refractivity contribution < 1.29 is 22.8 Å². The Morgan fingerprint density at radius 3 is 2.38 bits per heavy atom. The fourth-order valence-electron chi connectivity index (χ4n) is 3.76. The number of hydrogen-bond donors (Lipinski definition) is 1. The van der Waals surface area contributed by atoms with Gasteiger partial charge in [-0.15, -0.1) is 0 Å². The van der Waals surface area contributed by atoms with Crippen LogP contribution in [0.3, 0.4) is 0 Å². The van der Waals surface area contributed by atoms with E-state index < -0.39 is 11.7 Å². The van der Waals surface area contributed by atoms with Gasteiger partial charge < -0.3 is 5.32 Å². The van der Waals surface area contributed by atoms with Crippen LogP contribution in [0.4, 0.5) is 18.9 Å². The van der Waals surface area contributed by atoms with E-state index in [-0.39, 0.29) is 39.6 Å². The van der Waals surface area contributed by atoms with Crippen molar-refractivity contribution in [1.29, 1.82) is 0 Å². The van der Waals surface area contributed by atoms with E-state index in [1.807, 2.05) is 0 Å². The van der Waals surface area contributed by atoms with Gasteiger partial charge in [0.15, 0.2) is 0 Å². The van der Waals surface area contributed by atoms with Gasteiger partial charge in [0.05, 0.1) is 5.56 Å². The zero-order valence-electron chi connectivity index (χ0n) is 12.8. The predicted octanol–water partition coefficient (Wildman–Crippen LogP) is 4.80. The number of rotatable bonds is 2. The summed E-state index contributed by atoms with van der Waals surface area (Å²) in [7, 11) is 0. The highest BCUT2D eigenvalue weighted by atomic mass is 79.9. The van der Waals surface area contributed by atoms with Crippen LogP contribution in [0.15, 0.2) is 22.7 Å². The molecule has 1 amide bonds. The number of hydrogen-bond acceptors (Lipinski definition) is 2.